The van der Waals surface area contributed by atoms with E-state index in [2.05, 4.69) is 15.4 Å². The molecule has 1 aliphatic heterocycles. The smallest absolute Gasteiger partial charge is 0.282 e. The van der Waals surface area contributed by atoms with Crippen LogP contribution in [0.25, 0.3) is 5.82 Å². The number of amides is 2. The highest BCUT2D eigenvalue weighted by Gasteiger charge is 2.23. The van der Waals surface area contributed by atoms with Gasteiger partial charge in [-0.15, -0.1) is 0 Å². The van der Waals surface area contributed by atoms with Gasteiger partial charge in [-0.1, -0.05) is 11.8 Å². The van der Waals surface area contributed by atoms with Crippen LogP contribution in [0.2, 0.25) is 0 Å². The number of hydrogen-bond acceptors (Lipinski definition) is 5. The molecule has 0 atom stereocenters. The zero-order chi connectivity index (χ0) is 14.7. The molecule has 7 nitrogen and oxygen atoms in total. The second kappa shape index (κ2) is 5.96. The van der Waals surface area contributed by atoms with Crippen molar-refractivity contribution >= 4 is 28.6 Å². The molecule has 0 saturated carbocycles. The summed E-state index contributed by atoms with van der Waals surface area (Å²) in [6.07, 6.45) is 5.02. The van der Waals surface area contributed by atoms with Crippen molar-refractivity contribution in [1.82, 2.24) is 19.7 Å². The number of thioether (sulfide) groups is 1. The lowest BCUT2D eigenvalue weighted by atomic mass is 10.4. The topological polar surface area (TPSA) is 80.1 Å². The number of aromatic nitrogens is 3. The zero-order valence-corrected chi connectivity index (χ0v) is 11.9. The zero-order valence-electron chi connectivity index (χ0n) is 11.1. The first kappa shape index (κ1) is 13.6. The van der Waals surface area contributed by atoms with Crippen molar-refractivity contribution in [2.75, 3.05) is 24.2 Å². The van der Waals surface area contributed by atoms with Gasteiger partial charge in [-0.25, -0.2) is 9.67 Å². The Hall–Kier alpha value is -2.35. The number of nitrogens with zero attached hydrogens (tertiary/aromatic N) is 4. The van der Waals surface area contributed by atoms with E-state index >= 15 is 0 Å². The fourth-order valence-electron chi connectivity index (χ4n) is 1.94. The predicted octanol–water partition coefficient (Wildman–Crippen LogP) is 1.37. The van der Waals surface area contributed by atoms with Crippen molar-refractivity contribution in [3.05, 3.63) is 36.8 Å². The minimum absolute atomic E-state index is 0.0442. The Bertz CT molecular complexity index is 641. The van der Waals surface area contributed by atoms with Gasteiger partial charge in [0.2, 0.25) is 5.91 Å². The normalized spacial score (nSPS) is 14.5. The van der Waals surface area contributed by atoms with Crippen LogP contribution in [0.5, 0.6) is 0 Å². The van der Waals surface area contributed by atoms with Crippen molar-refractivity contribution in [3.8, 4) is 5.82 Å². The van der Waals surface area contributed by atoms with Crippen LogP contribution in [0.15, 0.2) is 36.8 Å². The van der Waals surface area contributed by atoms with E-state index in [0.717, 1.165) is 5.75 Å². The Morgan fingerprint density at radius 2 is 2.33 bits per heavy atom. The predicted molar refractivity (Wildman–Crippen MR) is 79.4 cm³/mol. The van der Waals surface area contributed by atoms with E-state index in [-0.39, 0.29) is 17.7 Å². The van der Waals surface area contributed by atoms with Crippen LogP contribution in [-0.2, 0) is 4.79 Å². The molecular weight excluding hydrogens is 290 g/mol. The van der Waals surface area contributed by atoms with Crippen LogP contribution in [0, 0.1) is 0 Å². The molecule has 1 saturated heterocycles. The van der Waals surface area contributed by atoms with Crippen molar-refractivity contribution in [3.63, 3.8) is 0 Å². The van der Waals surface area contributed by atoms with E-state index in [9.17, 15) is 9.59 Å². The molecule has 1 N–H and O–H groups in total. The Morgan fingerprint density at radius 3 is 2.95 bits per heavy atom. The number of hydrogen-bond donors (Lipinski definition) is 1. The molecule has 0 spiro atoms. The number of anilines is 1. The Morgan fingerprint density at radius 1 is 1.43 bits per heavy atom. The van der Waals surface area contributed by atoms with Crippen molar-refractivity contribution in [2.24, 2.45) is 0 Å². The molecule has 3 heterocycles. The van der Waals surface area contributed by atoms with Gasteiger partial charge in [-0.2, -0.15) is 5.10 Å². The fraction of sp³-hybridized carbons (Fsp3) is 0.231. The lowest BCUT2D eigenvalue weighted by Crippen LogP contribution is -2.33. The highest BCUT2D eigenvalue weighted by Crippen LogP contribution is 2.17. The van der Waals surface area contributed by atoms with Crippen LogP contribution in [0.1, 0.15) is 0 Å². The van der Waals surface area contributed by atoms with Crippen LogP contribution in [0.4, 0.5) is 10.5 Å². The Kier molecular flexibility index (Phi) is 3.87. The summed E-state index contributed by atoms with van der Waals surface area (Å²) in [7, 11) is 0. The molecule has 0 radical (unpaired) electrons. The van der Waals surface area contributed by atoms with Crippen molar-refractivity contribution < 1.29 is 9.59 Å². The largest absolute Gasteiger partial charge is 0.323 e. The first-order chi connectivity index (χ1) is 10.2. The number of pyridine rings is 1. The quantitative estimate of drug-likeness (QED) is 0.923. The summed E-state index contributed by atoms with van der Waals surface area (Å²) in [6, 6.07) is 5.32. The molecule has 1 aliphatic rings. The molecule has 3 rings (SSSR count). The van der Waals surface area contributed by atoms with Gasteiger partial charge in [0.25, 0.3) is 5.24 Å². The van der Waals surface area contributed by atoms with Crippen LogP contribution in [-0.4, -0.2) is 49.7 Å². The molecule has 2 aromatic rings. The van der Waals surface area contributed by atoms with E-state index in [1.807, 2.05) is 6.07 Å². The fourth-order valence-corrected chi connectivity index (χ4v) is 2.77. The maximum atomic E-state index is 11.9. The highest BCUT2D eigenvalue weighted by molar-refractivity contribution is 8.13. The standard InChI is InChI=1S/C13H13N5O2S/c19-12(9-17-6-7-21-13(17)20)16-10-2-3-11(14-8-10)18-5-1-4-15-18/h1-5,8H,6-7,9H2,(H,16,19). The maximum absolute atomic E-state index is 11.9. The van der Waals surface area contributed by atoms with E-state index < -0.39 is 0 Å². The average molecular weight is 303 g/mol. The van der Waals surface area contributed by atoms with E-state index in [4.69, 9.17) is 0 Å². The molecule has 8 heteroatoms. The van der Waals surface area contributed by atoms with Crippen molar-refractivity contribution in [1.29, 1.82) is 0 Å². The number of carbonyl (C=O) groups is 2. The summed E-state index contributed by atoms with van der Waals surface area (Å²) in [5, 5.41) is 6.76. The number of rotatable bonds is 4. The third-order valence-electron chi connectivity index (χ3n) is 2.95. The third-order valence-corrected chi connectivity index (χ3v) is 3.84. The molecule has 2 aromatic heterocycles. The molecular formula is C13H13N5O2S. The van der Waals surface area contributed by atoms with Gasteiger partial charge < -0.3 is 10.2 Å². The SMILES string of the molecule is O=C(CN1CCSC1=O)Nc1ccc(-n2cccn2)nc1. The summed E-state index contributed by atoms with van der Waals surface area (Å²) in [5.74, 6) is 1.19. The summed E-state index contributed by atoms with van der Waals surface area (Å²) < 4.78 is 1.63. The van der Waals surface area contributed by atoms with Gasteiger partial charge in [0, 0.05) is 24.7 Å². The Balaban J connectivity index is 1.60. The monoisotopic (exact) mass is 303 g/mol. The minimum Gasteiger partial charge on any atom is -0.323 e. The second-order valence-electron chi connectivity index (χ2n) is 4.44. The Labute approximate surface area is 125 Å². The molecule has 0 bridgehead atoms. The van der Waals surface area contributed by atoms with Gasteiger partial charge in [0.05, 0.1) is 11.9 Å². The van der Waals surface area contributed by atoms with Gasteiger partial charge in [0.15, 0.2) is 5.82 Å². The van der Waals surface area contributed by atoms with E-state index in [1.54, 1.807) is 35.4 Å². The summed E-state index contributed by atoms with van der Waals surface area (Å²) in [5.41, 5.74) is 0.593. The van der Waals surface area contributed by atoms with Crippen LogP contribution < -0.4 is 5.32 Å². The third kappa shape index (κ3) is 3.22. The van der Waals surface area contributed by atoms with Crippen LogP contribution in [0.3, 0.4) is 0 Å². The molecule has 2 amide bonds. The van der Waals surface area contributed by atoms with Gasteiger partial charge in [-0.05, 0) is 18.2 Å². The van der Waals surface area contributed by atoms with Crippen LogP contribution >= 0.6 is 11.8 Å². The molecule has 0 unspecified atom stereocenters. The highest BCUT2D eigenvalue weighted by atomic mass is 32.2. The first-order valence-corrected chi connectivity index (χ1v) is 7.38. The molecule has 21 heavy (non-hydrogen) atoms. The van der Waals surface area contributed by atoms with E-state index in [0.29, 0.717) is 18.1 Å². The van der Waals surface area contributed by atoms with Gasteiger partial charge in [-0.3, -0.25) is 9.59 Å². The molecule has 0 aromatic carbocycles. The maximum Gasteiger partial charge on any atom is 0.282 e. The molecule has 108 valence electrons. The summed E-state index contributed by atoms with van der Waals surface area (Å²) in [4.78, 5) is 29.0. The average Bonchev–Trinajstić information content (AvgIpc) is 3.12. The van der Waals surface area contributed by atoms with Gasteiger partial charge in [0.1, 0.15) is 6.54 Å². The number of carbonyl (C=O) groups excluding carboxylic acids is 2. The molecule has 1 fully saturated rings. The minimum atomic E-state index is -0.223. The van der Waals surface area contributed by atoms with Crippen molar-refractivity contribution in [2.45, 2.75) is 0 Å². The summed E-state index contributed by atoms with van der Waals surface area (Å²) in [6.45, 7) is 0.695. The lowest BCUT2D eigenvalue weighted by molar-refractivity contribution is -0.116. The first-order valence-electron chi connectivity index (χ1n) is 6.40. The van der Waals surface area contributed by atoms with Gasteiger partial charge >= 0.3 is 0 Å². The number of nitrogens with one attached hydrogen (secondary N) is 1. The second-order valence-corrected chi connectivity index (χ2v) is 5.49. The summed E-state index contributed by atoms with van der Waals surface area (Å²) >= 11 is 1.24. The molecule has 0 aliphatic carbocycles. The lowest BCUT2D eigenvalue weighted by Gasteiger charge is -2.14. The van der Waals surface area contributed by atoms with E-state index in [1.165, 1.54) is 16.7 Å².